The third kappa shape index (κ3) is 2.12. The molecule has 2 aliphatic rings. The van der Waals surface area contributed by atoms with E-state index in [4.69, 9.17) is 0 Å². The predicted molar refractivity (Wildman–Crippen MR) is 68.8 cm³/mol. The van der Waals surface area contributed by atoms with Crippen LogP contribution in [-0.2, 0) is 4.79 Å². The van der Waals surface area contributed by atoms with Crippen molar-refractivity contribution in [2.45, 2.75) is 65.0 Å². The van der Waals surface area contributed by atoms with E-state index in [0.717, 1.165) is 12.3 Å². The molecule has 1 amide bonds. The van der Waals surface area contributed by atoms with Gasteiger partial charge in [0.05, 0.1) is 5.92 Å². The fourth-order valence-electron chi connectivity index (χ4n) is 3.87. The van der Waals surface area contributed by atoms with E-state index in [-0.39, 0.29) is 17.0 Å². The third-order valence-corrected chi connectivity index (χ3v) is 4.83. The van der Waals surface area contributed by atoms with E-state index in [1.54, 1.807) is 6.92 Å². The number of carbonyl (C=O) groups is 1. The summed E-state index contributed by atoms with van der Waals surface area (Å²) in [5.41, 5.74) is 1.48. The van der Waals surface area contributed by atoms with Crippen molar-refractivity contribution in [2.75, 3.05) is 0 Å². The molecule has 1 aliphatic carbocycles. The highest BCUT2D eigenvalue weighted by Crippen LogP contribution is 2.42. The number of nitrogens with one attached hydrogen (secondary N) is 2. The van der Waals surface area contributed by atoms with Gasteiger partial charge in [0.2, 0.25) is 5.91 Å². The number of amides is 1. The lowest BCUT2D eigenvalue weighted by Gasteiger charge is -2.48. The van der Waals surface area contributed by atoms with Crippen molar-refractivity contribution < 1.29 is 9.79 Å². The fourth-order valence-corrected chi connectivity index (χ4v) is 3.87. The number of hydrogen-bond donors (Lipinski definition) is 2. The zero-order chi connectivity index (χ0) is 12.8. The summed E-state index contributed by atoms with van der Waals surface area (Å²) in [6.07, 6.45) is 3.48. The number of fused-ring (bicyclic) bond motifs is 2. The zero-order valence-corrected chi connectivity index (χ0v) is 11.7. The van der Waals surface area contributed by atoms with Gasteiger partial charge in [0, 0.05) is 39.2 Å². The van der Waals surface area contributed by atoms with E-state index >= 15 is 0 Å². The Hall–Kier alpha value is -0.860. The van der Waals surface area contributed by atoms with Gasteiger partial charge in [0.15, 0.2) is 11.3 Å². The van der Waals surface area contributed by atoms with Crippen molar-refractivity contribution >= 4 is 11.6 Å². The maximum absolute atomic E-state index is 11.4. The van der Waals surface area contributed by atoms with Gasteiger partial charge in [-0.1, -0.05) is 0 Å². The summed E-state index contributed by atoms with van der Waals surface area (Å²) in [6, 6.07) is 0. The lowest BCUT2D eigenvalue weighted by molar-refractivity contribution is -0.568. The van der Waals surface area contributed by atoms with Crippen LogP contribution in [0.25, 0.3) is 0 Å². The van der Waals surface area contributed by atoms with E-state index in [1.807, 2.05) is 0 Å². The first-order valence-corrected chi connectivity index (χ1v) is 6.65. The van der Waals surface area contributed by atoms with Crippen LogP contribution in [0.3, 0.4) is 0 Å². The van der Waals surface area contributed by atoms with Crippen molar-refractivity contribution in [1.29, 1.82) is 0 Å². The minimum Gasteiger partial charge on any atom is -0.350 e. The van der Waals surface area contributed by atoms with E-state index in [1.165, 1.54) is 18.6 Å². The molecule has 3 atom stereocenters. The van der Waals surface area contributed by atoms with Crippen LogP contribution in [0.15, 0.2) is 0 Å². The summed E-state index contributed by atoms with van der Waals surface area (Å²) in [4.78, 5) is 15.0. The summed E-state index contributed by atoms with van der Waals surface area (Å²) in [5.74, 6) is 1.28. The molecule has 1 heterocycles. The maximum atomic E-state index is 11.4. The number of carbonyl (C=O) groups excluding carboxylic acids is 1. The van der Waals surface area contributed by atoms with Crippen LogP contribution in [0.1, 0.15) is 53.9 Å². The van der Waals surface area contributed by atoms with Gasteiger partial charge < -0.3 is 5.32 Å². The summed E-state index contributed by atoms with van der Waals surface area (Å²) in [5, 5.41) is 3.17. The van der Waals surface area contributed by atoms with Crippen molar-refractivity contribution in [3.8, 4) is 0 Å². The molecule has 0 unspecified atom stereocenters. The van der Waals surface area contributed by atoms with Crippen LogP contribution >= 0.6 is 0 Å². The number of hydrogen-bond acceptors (Lipinski definition) is 1. The highest BCUT2D eigenvalue weighted by atomic mass is 16.1. The van der Waals surface area contributed by atoms with Gasteiger partial charge in [-0.05, 0) is 26.2 Å². The molecule has 2 bridgehead atoms. The molecule has 96 valence electrons. The van der Waals surface area contributed by atoms with Gasteiger partial charge in [-0.3, -0.25) is 4.79 Å². The van der Waals surface area contributed by atoms with Crippen molar-refractivity contribution in [2.24, 2.45) is 11.8 Å². The van der Waals surface area contributed by atoms with Crippen LogP contribution in [0, 0.1) is 11.8 Å². The van der Waals surface area contributed by atoms with Gasteiger partial charge in [0.25, 0.3) is 0 Å². The monoisotopic (exact) mass is 237 g/mol. The second kappa shape index (κ2) is 3.82. The second-order valence-electron chi connectivity index (χ2n) is 6.65. The maximum Gasteiger partial charge on any atom is 0.217 e. The van der Waals surface area contributed by atoms with Gasteiger partial charge in [0.1, 0.15) is 0 Å². The van der Waals surface area contributed by atoms with E-state index in [0.29, 0.717) is 5.92 Å². The third-order valence-electron chi connectivity index (χ3n) is 4.83. The van der Waals surface area contributed by atoms with Crippen molar-refractivity contribution in [3.05, 3.63) is 0 Å². The standard InChI is InChI=1S/C14H24N2O/c1-9-12-8-11(13(3,4)15-9)6-7-14(12,5)16-10(2)17/h11-12H,6-8H2,1-5H3,(H,16,17)/p+1/t11-,12+,14+/m0/s1. The summed E-state index contributed by atoms with van der Waals surface area (Å²) < 4.78 is 0. The van der Waals surface area contributed by atoms with Gasteiger partial charge in [-0.25, -0.2) is 4.99 Å². The lowest BCUT2D eigenvalue weighted by atomic mass is 9.61. The Kier molecular flexibility index (Phi) is 2.83. The predicted octanol–water partition coefficient (Wildman–Crippen LogP) is 0.631. The first kappa shape index (κ1) is 12.6. The molecule has 0 saturated heterocycles. The SMILES string of the molecule is CC(=O)N[C@]1(C)CC[C@H]2C[C@@H]1C(C)=[NH+]C2(C)C. The molecule has 1 aliphatic heterocycles. The fraction of sp³-hybridized carbons (Fsp3) is 0.857. The average Bonchev–Trinajstić information content (AvgIpc) is 2.13. The molecule has 1 saturated carbocycles. The Balaban J connectivity index is 2.31. The zero-order valence-electron chi connectivity index (χ0n) is 11.7. The Morgan fingerprint density at radius 2 is 2.06 bits per heavy atom. The van der Waals surface area contributed by atoms with Crippen LogP contribution in [0.5, 0.6) is 0 Å². The minimum atomic E-state index is -0.0596. The minimum absolute atomic E-state index is 0.0596. The Morgan fingerprint density at radius 1 is 1.41 bits per heavy atom. The van der Waals surface area contributed by atoms with E-state index in [2.05, 4.69) is 38.0 Å². The molecule has 1 fully saturated rings. The lowest BCUT2D eigenvalue weighted by Crippen LogP contribution is -2.92. The Morgan fingerprint density at radius 3 is 2.65 bits per heavy atom. The molecule has 2 N–H and O–H groups in total. The van der Waals surface area contributed by atoms with Crippen LogP contribution < -0.4 is 10.3 Å². The smallest absolute Gasteiger partial charge is 0.217 e. The van der Waals surface area contributed by atoms with Crippen LogP contribution in [-0.4, -0.2) is 22.7 Å². The molecular formula is C14H25N2O+. The molecule has 3 heteroatoms. The number of rotatable bonds is 1. The molecule has 3 nitrogen and oxygen atoms in total. The molecule has 2 rings (SSSR count). The van der Waals surface area contributed by atoms with Gasteiger partial charge in [-0.2, -0.15) is 0 Å². The van der Waals surface area contributed by atoms with Crippen LogP contribution in [0.2, 0.25) is 0 Å². The topological polar surface area (TPSA) is 43.1 Å². The van der Waals surface area contributed by atoms with E-state index in [9.17, 15) is 4.79 Å². The van der Waals surface area contributed by atoms with Crippen LogP contribution in [0.4, 0.5) is 0 Å². The van der Waals surface area contributed by atoms with Crippen molar-refractivity contribution in [1.82, 2.24) is 5.32 Å². The molecular weight excluding hydrogens is 212 g/mol. The van der Waals surface area contributed by atoms with E-state index < -0.39 is 0 Å². The first-order valence-electron chi connectivity index (χ1n) is 6.65. The Bertz CT molecular complexity index is 372. The Labute approximate surface area is 104 Å². The molecule has 0 aromatic heterocycles. The molecule has 0 radical (unpaired) electrons. The quantitative estimate of drug-likeness (QED) is 0.690. The highest BCUT2D eigenvalue weighted by Gasteiger charge is 2.52. The largest absolute Gasteiger partial charge is 0.350 e. The van der Waals surface area contributed by atoms with Gasteiger partial charge in [-0.15, -0.1) is 0 Å². The normalized spacial score (nSPS) is 39.5. The first-order chi connectivity index (χ1) is 7.74. The van der Waals surface area contributed by atoms with Gasteiger partial charge >= 0.3 is 0 Å². The molecule has 0 aromatic rings. The highest BCUT2D eigenvalue weighted by molar-refractivity contribution is 5.82. The summed E-state index contributed by atoms with van der Waals surface area (Å²) >= 11 is 0. The molecule has 17 heavy (non-hydrogen) atoms. The average molecular weight is 237 g/mol. The summed E-state index contributed by atoms with van der Waals surface area (Å²) in [6.45, 7) is 10.6. The second-order valence-corrected chi connectivity index (χ2v) is 6.65. The summed E-state index contributed by atoms with van der Waals surface area (Å²) in [7, 11) is 0. The molecule has 0 aromatic carbocycles. The van der Waals surface area contributed by atoms with Crippen molar-refractivity contribution in [3.63, 3.8) is 0 Å². The molecule has 0 spiro atoms.